The van der Waals surface area contributed by atoms with Crippen molar-refractivity contribution in [2.75, 3.05) is 0 Å². The Morgan fingerprint density at radius 2 is 1.83 bits per heavy atom. The molecule has 0 bridgehead atoms. The van der Waals surface area contributed by atoms with Crippen LogP contribution < -0.4 is 5.32 Å². The molecule has 0 aromatic heterocycles. The molecule has 0 radical (unpaired) electrons. The fraction of sp³-hybridized carbons (Fsp3) is 0.500. The first-order chi connectivity index (χ1) is 5.83. The average Bonchev–Trinajstić information content (AvgIpc) is 2.60. The van der Waals surface area contributed by atoms with E-state index in [0.717, 1.165) is 12.8 Å². The Kier molecular flexibility index (Phi) is 6.07. The van der Waals surface area contributed by atoms with Crippen LogP contribution in [0.15, 0.2) is 25.8 Å². The van der Waals surface area contributed by atoms with E-state index in [1.54, 1.807) is 0 Å². The maximum absolute atomic E-state index is 10.7. The van der Waals surface area contributed by atoms with Gasteiger partial charge in [-0.2, -0.15) is 0 Å². The molecule has 2 heteroatoms. The topological polar surface area (TPSA) is 29.1 Å². The van der Waals surface area contributed by atoms with Crippen molar-refractivity contribution in [2.24, 2.45) is 0 Å². The lowest BCUT2D eigenvalue weighted by molar-refractivity contribution is -0.117. The van der Waals surface area contributed by atoms with Crippen LogP contribution in [0.3, 0.4) is 0 Å². The maximum atomic E-state index is 10.7. The van der Waals surface area contributed by atoms with Gasteiger partial charge >= 0.3 is 0 Å². The fourth-order valence-electron chi connectivity index (χ4n) is 1.33. The average molecular weight is 167 g/mol. The second-order valence-corrected chi connectivity index (χ2v) is 2.69. The summed E-state index contributed by atoms with van der Waals surface area (Å²) in [7, 11) is 0. The molecule has 0 aliphatic heterocycles. The second-order valence-electron chi connectivity index (χ2n) is 2.69. The summed E-state index contributed by atoms with van der Waals surface area (Å²) in [5.41, 5.74) is 0. The summed E-state index contributed by atoms with van der Waals surface area (Å²) in [6, 6.07) is 0.422. The lowest BCUT2D eigenvalue weighted by Crippen LogP contribution is -2.30. The Hall–Kier alpha value is -1.05. The number of nitrogens with one attached hydrogen (secondary N) is 1. The summed E-state index contributed by atoms with van der Waals surface area (Å²) in [6.45, 7) is 9.39. The van der Waals surface area contributed by atoms with Crippen LogP contribution in [0.5, 0.6) is 0 Å². The highest BCUT2D eigenvalue weighted by molar-refractivity contribution is 5.87. The van der Waals surface area contributed by atoms with Gasteiger partial charge in [0.25, 0.3) is 0 Å². The Morgan fingerprint density at radius 3 is 2.25 bits per heavy atom. The van der Waals surface area contributed by atoms with E-state index in [1.165, 1.54) is 18.9 Å². The normalized spacial score (nSPS) is 16.0. The van der Waals surface area contributed by atoms with Gasteiger partial charge < -0.3 is 5.32 Å². The zero-order chi connectivity index (χ0) is 9.40. The van der Waals surface area contributed by atoms with E-state index in [4.69, 9.17) is 0 Å². The number of hydrogen-bond acceptors (Lipinski definition) is 1. The first-order valence-corrected chi connectivity index (χ1v) is 4.26. The van der Waals surface area contributed by atoms with Gasteiger partial charge in [-0.3, -0.25) is 4.79 Å². The van der Waals surface area contributed by atoms with Gasteiger partial charge in [-0.25, -0.2) is 0 Å². The Balaban J connectivity index is 0.000000561. The highest BCUT2D eigenvalue weighted by atomic mass is 16.1. The van der Waals surface area contributed by atoms with Gasteiger partial charge in [0, 0.05) is 6.04 Å². The van der Waals surface area contributed by atoms with Crippen molar-refractivity contribution in [2.45, 2.75) is 31.7 Å². The summed E-state index contributed by atoms with van der Waals surface area (Å²) in [4.78, 5) is 10.7. The van der Waals surface area contributed by atoms with Gasteiger partial charge in [-0.1, -0.05) is 19.4 Å². The van der Waals surface area contributed by atoms with E-state index in [-0.39, 0.29) is 5.91 Å². The van der Waals surface area contributed by atoms with Gasteiger partial charge in [0.15, 0.2) is 0 Å². The highest BCUT2D eigenvalue weighted by Gasteiger charge is 2.15. The summed E-state index contributed by atoms with van der Waals surface area (Å²) < 4.78 is 0. The molecule has 0 spiro atoms. The third-order valence-corrected chi connectivity index (χ3v) is 1.89. The SMILES string of the molecule is C=C.C=CC(=O)NC1CCCC1. The molecular formula is C10H17NO. The predicted molar refractivity (Wildman–Crippen MR) is 51.8 cm³/mol. The molecule has 1 N–H and O–H groups in total. The number of carbonyl (C=O) groups excluding carboxylic acids is 1. The number of carbonyl (C=O) groups is 1. The molecule has 1 saturated carbocycles. The molecule has 0 saturated heterocycles. The van der Waals surface area contributed by atoms with Crippen LogP contribution in [0.25, 0.3) is 0 Å². The lowest BCUT2D eigenvalue weighted by atomic mass is 10.2. The quantitative estimate of drug-likeness (QED) is 0.495. The van der Waals surface area contributed by atoms with E-state index in [1.807, 2.05) is 0 Å². The van der Waals surface area contributed by atoms with Crippen LogP contribution in [-0.2, 0) is 4.79 Å². The van der Waals surface area contributed by atoms with E-state index < -0.39 is 0 Å². The Morgan fingerprint density at radius 1 is 1.33 bits per heavy atom. The first-order valence-electron chi connectivity index (χ1n) is 4.26. The van der Waals surface area contributed by atoms with Crippen molar-refractivity contribution in [1.82, 2.24) is 5.32 Å². The summed E-state index contributed by atoms with van der Waals surface area (Å²) >= 11 is 0. The zero-order valence-electron chi connectivity index (χ0n) is 7.51. The molecule has 0 atom stereocenters. The number of hydrogen-bond donors (Lipinski definition) is 1. The third-order valence-electron chi connectivity index (χ3n) is 1.89. The Labute approximate surface area is 74.4 Å². The monoisotopic (exact) mass is 167 g/mol. The van der Waals surface area contributed by atoms with Crippen LogP contribution in [0.2, 0.25) is 0 Å². The number of amides is 1. The number of rotatable bonds is 2. The molecule has 1 aliphatic rings. The fourth-order valence-corrected chi connectivity index (χ4v) is 1.33. The molecule has 2 nitrogen and oxygen atoms in total. The minimum absolute atomic E-state index is 0.0353. The van der Waals surface area contributed by atoms with E-state index >= 15 is 0 Å². The Bertz CT molecular complexity index is 148. The van der Waals surface area contributed by atoms with Gasteiger partial charge in [0.2, 0.25) is 5.91 Å². The molecule has 1 amide bonds. The summed E-state index contributed by atoms with van der Waals surface area (Å²) in [6.07, 6.45) is 6.11. The van der Waals surface area contributed by atoms with Crippen molar-refractivity contribution in [3.05, 3.63) is 25.8 Å². The smallest absolute Gasteiger partial charge is 0.243 e. The molecule has 1 rings (SSSR count). The molecule has 1 aliphatic carbocycles. The van der Waals surface area contributed by atoms with Crippen molar-refractivity contribution in [3.8, 4) is 0 Å². The van der Waals surface area contributed by atoms with Crippen molar-refractivity contribution >= 4 is 5.91 Å². The van der Waals surface area contributed by atoms with Crippen LogP contribution in [0, 0.1) is 0 Å². The van der Waals surface area contributed by atoms with Crippen molar-refractivity contribution in [1.29, 1.82) is 0 Å². The summed E-state index contributed by atoms with van der Waals surface area (Å²) in [5, 5.41) is 2.87. The van der Waals surface area contributed by atoms with E-state index in [9.17, 15) is 4.79 Å². The molecule has 0 aromatic carbocycles. The molecule has 0 aromatic rings. The molecule has 12 heavy (non-hydrogen) atoms. The largest absolute Gasteiger partial charge is 0.350 e. The molecule has 68 valence electrons. The molecular weight excluding hydrogens is 150 g/mol. The van der Waals surface area contributed by atoms with Crippen LogP contribution in [0.1, 0.15) is 25.7 Å². The minimum atomic E-state index is -0.0353. The van der Waals surface area contributed by atoms with Gasteiger partial charge in [-0.05, 0) is 18.9 Å². The standard InChI is InChI=1S/C8H13NO.C2H4/c1-2-8(10)9-7-5-3-4-6-7;1-2/h2,7H,1,3-6H2,(H,9,10);1-2H2. The third kappa shape index (κ3) is 3.96. The van der Waals surface area contributed by atoms with Gasteiger partial charge in [0.1, 0.15) is 0 Å². The van der Waals surface area contributed by atoms with Crippen molar-refractivity contribution < 1.29 is 4.79 Å². The highest BCUT2D eigenvalue weighted by Crippen LogP contribution is 2.17. The molecule has 0 unspecified atom stereocenters. The van der Waals surface area contributed by atoms with Crippen LogP contribution in [-0.4, -0.2) is 11.9 Å². The zero-order valence-corrected chi connectivity index (χ0v) is 7.51. The van der Waals surface area contributed by atoms with Crippen molar-refractivity contribution in [3.63, 3.8) is 0 Å². The maximum Gasteiger partial charge on any atom is 0.243 e. The van der Waals surface area contributed by atoms with Crippen LogP contribution >= 0.6 is 0 Å². The van der Waals surface area contributed by atoms with E-state index in [0.29, 0.717) is 6.04 Å². The molecule has 0 heterocycles. The van der Waals surface area contributed by atoms with Crippen LogP contribution in [0.4, 0.5) is 0 Å². The molecule has 1 fully saturated rings. The van der Waals surface area contributed by atoms with Gasteiger partial charge in [-0.15, -0.1) is 13.2 Å². The minimum Gasteiger partial charge on any atom is -0.350 e. The van der Waals surface area contributed by atoms with E-state index in [2.05, 4.69) is 25.1 Å². The second kappa shape index (κ2) is 6.65. The summed E-state index contributed by atoms with van der Waals surface area (Å²) in [5.74, 6) is -0.0353. The van der Waals surface area contributed by atoms with Gasteiger partial charge in [0.05, 0.1) is 0 Å². The predicted octanol–water partition coefficient (Wildman–Crippen LogP) is 2.03. The lowest BCUT2D eigenvalue weighted by Gasteiger charge is -2.08. The first kappa shape index (κ1) is 11.0.